The van der Waals surface area contributed by atoms with Crippen molar-refractivity contribution in [3.63, 3.8) is 0 Å². The lowest BCUT2D eigenvalue weighted by Gasteiger charge is -2.18. The molecule has 1 aliphatic heterocycles. The van der Waals surface area contributed by atoms with Crippen LogP contribution < -0.4 is 14.8 Å². The SMILES string of the molecule is Cc1ccc([C@@H](C)NC(=O)COC(=O)/C=C/c2ccc3c(c2)OCCO3)cc1C. The third-order valence-corrected chi connectivity index (χ3v) is 4.73. The highest BCUT2D eigenvalue weighted by Gasteiger charge is 2.13. The van der Waals surface area contributed by atoms with E-state index in [1.165, 1.54) is 17.2 Å². The van der Waals surface area contributed by atoms with Crippen molar-refractivity contribution in [2.24, 2.45) is 0 Å². The number of esters is 1. The zero-order valence-corrected chi connectivity index (χ0v) is 16.9. The molecular weight excluding hydrogens is 370 g/mol. The van der Waals surface area contributed by atoms with Crippen LogP contribution in [0.5, 0.6) is 11.5 Å². The molecule has 0 aliphatic carbocycles. The van der Waals surface area contributed by atoms with Crippen LogP contribution in [0.3, 0.4) is 0 Å². The molecule has 0 spiro atoms. The second-order valence-corrected chi connectivity index (χ2v) is 6.98. The summed E-state index contributed by atoms with van der Waals surface area (Å²) in [5.74, 6) is 0.391. The lowest BCUT2D eigenvalue weighted by Crippen LogP contribution is -2.31. The summed E-state index contributed by atoms with van der Waals surface area (Å²) in [7, 11) is 0. The highest BCUT2D eigenvalue weighted by molar-refractivity contribution is 5.89. The third-order valence-electron chi connectivity index (χ3n) is 4.73. The quantitative estimate of drug-likeness (QED) is 0.599. The average Bonchev–Trinajstić information content (AvgIpc) is 2.72. The standard InChI is InChI=1S/C23H25NO5/c1-15-4-7-19(12-16(15)2)17(3)24-22(25)14-29-23(26)9-6-18-5-8-20-21(13-18)28-11-10-27-20/h4-9,12-13,17H,10-11,14H2,1-3H3,(H,24,25)/b9-6+/t17-/m1/s1. The van der Waals surface area contributed by atoms with Gasteiger partial charge in [-0.2, -0.15) is 0 Å². The molecule has 0 bridgehead atoms. The van der Waals surface area contributed by atoms with Crippen LogP contribution in [0.2, 0.25) is 0 Å². The Labute approximate surface area is 170 Å². The van der Waals surface area contributed by atoms with Crippen molar-refractivity contribution in [1.29, 1.82) is 0 Å². The van der Waals surface area contributed by atoms with E-state index < -0.39 is 5.97 Å². The molecule has 1 heterocycles. The number of aryl methyl sites for hydroxylation is 2. The van der Waals surface area contributed by atoms with Crippen molar-refractivity contribution >= 4 is 18.0 Å². The van der Waals surface area contributed by atoms with E-state index in [1.54, 1.807) is 18.2 Å². The molecule has 1 amide bonds. The topological polar surface area (TPSA) is 73.9 Å². The number of nitrogens with one attached hydrogen (secondary N) is 1. The predicted molar refractivity (Wildman–Crippen MR) is 110 cm³/mol. The molecular formula is C23H25NO5. The van der Waals surface area contributed by atoms with Gasteiger partial charge in [0, 0.05) is 6.08 Å². The molecule has 0 unspecified atom stereocenters. The Hall–Kier alpha value is -3.28. The zero-order valence-electron chi connectivity index (χ0n) is 16.9. The number of amides is 1. The summed E-state index contributed by atoms with van der Waals surface area (Å²) in [5, 5.41) is 2.84. The number of carbonyl (C=O) groups is 2. The van der Waals surface area contributed by atoms with Crippen LogP contribution in [0, 0.1) is 13.8 Å². The molecule has 3 rings (SSSR count). The molecule has 0 radical (unpaired) electrons. The van der Waals surface area contributed by atoms with E-state index in [0.29, 0.717) is 24.7 Å². The van der Waals surface area contributed by atoms with Crippen molar-refractivity contribution in [2.45, 2.75) is 26.8 Å². The van der Waals surface area contributed by atoms with Gasteiger partial charge in [-0.25, -0.2) is 4.79 Å². The second kappa shape index (κ2) is 9.28. The molecule has 1 N–H and O–H groups in total. The molecule has 0 aromatic heterocycles. The van der Waals surface area contributed by atoms with E-state index in [-0.39, 0.29) is 18.6 Å². The summed E-state index contributed by atoms with van der Waals surface area (Å²) in [6.07, 6.45) is 2.89. The molecule has 1 aliphatic rings. The predicted octanol–water partition coefficient (Wildman–Crippen LogP) is 3.51. The lowest BCUT2D eigenvalue weighted by atomic mass is 10.0. The van der Waals surface area contributed by atoms with E-state index in [9.17, 15) is 9.59 Å². The Balaban J connectivity index is 1.47. The minimum atomic E-state index is -0.589. The molecule has 0 saturated heterocycles. The Morgan fingerprint density at radius 3 is 2.59 bits per heavy atom. The fourth-order valence-corrected chi connectivity index (χ4v) is 2.91. The first-order valence-corrected chi connectivity index (χ1v) is 9.53. The van der Waals surface area contributed by atoms with Gasteiger partial charge in [0.05, 0.1) is 6.04 Å². The number of hydrogen-bond donors (Lipinski definition) is 1. The van der Waals surface area contributed by atoms with Crippen LogP contribution in [0.4, 0.5) is 0 Å². The highest BCUT2D eigenvalue weighted by atomic mass is 16.6. The molecule has 0 fully saturated rings. The van der Waals surface area contributed by atoms with Crippen molar-refractivity contribution in [1.82, 2.24) is 5.32 Å². The van der Waals surface area contributed by atoms with Gasteiger partial charge in [-0.1, -0.05) is 24.3 Å². The number of benzene rings is 2. The van der Waals surface area contributed by atoms with E-state index in [2.05, 4.69) is 5.32 Å². The average molecular weight is 395 g/mol. The first kappa shape index (κ1) is 20.5. The number of carbonyl (C=O) groups excluding carboxylic acids is 2. The molecule has 0 saturated carbocycles. The van der Waals surface area contributed by atoms with Crippen LogP contribution in [0.1, 0.15) is 35.2 Å². The van der Waals surface area contributed by atoms with Gasteiger partial charge in [-0.3, -0.25) is 4.79 Å². The molecule has 2 aromatic rings. The van der Waals surface area contributed by atoms with E-state index in [0.717, 1.165) is 11.1 Å². The molecule has 152 valence electrons. The number of fused-ring (bicyclic) bond motifs is 1. The van der Waals surface area contributed by atoms with Gasteiger partial charge in [0.15, 0.2) is 18.1 Å². The maximum absolute atomic E-state index is 12.1. The van der Waals surface area contributed by atoms with Gasteiger partial charge in [0.25, 0.3) is 5.91 Å². The summed E-state index contributed by atoms with van der Waals surface area (Å²) >= 11 is 0. The number of rotatable bonds is 6. The summed E-state index contributed by atoms with van der Waals surface area (Å²) in [6, 6.07) is 11.3. The van der Waals surface area contributed by atoms with Crippen LogP contribution in [0.15, 0.2) is 42.5 Å². The number of hydrogen-bond acceptors (Lipinski definition) is 5. The van der Waals surface area contributed by atoms with Gasteiger partial charge in [-0.05, 0) is 61.2 Å². The first-order chi connectivity index (χ1) is 13.9. The smallest absolute Gasteiger partial charge is 0.331 e. The van der Waals surface area contributed by atoms with E-state index in [1.807, 2.05) is 45.0 Å². The van der Waals surface area contributed by atoms with Gasteiger partial charge >= 0.3 is 5.97 Å². The van der Waals surface area contributed by atoms with Crippen LogP contribution in [0.25, 0.3) is 6.08 Å². The summed E-state index contributed by atoms with van der Waals surface area (Å²) in [6.45, 7) is 6.66. The fraction of sp³-hybridized carbons (Fsp3) is 0.304. The van der Waals surface area contributed by atoms with Gasteiger partial charge < -0.3 is 19.5 Å². The largest absolute Gasteiger partial charge is 0.486 e. The second-order valence-electron chi connectivity index (χ2n) is 6.98. The van der Waals surface area contributed by atoms with Crippen molar-refractivity contribution in [2.75, 3.05) is 19.8 Å². The fourth-order valence-electron chi connectivity index (χ4n) is 2.91. The third kappa shape index (κ3) is 5.60. The Morgan fingerprint density at radius 1 is 1.07 bits per heavy atom. The van der Waals surface area contributed by atoms with Crippen molar-refractivity contribution in [3.8, 4) is 11.5 Å². The first-order valence-electron chi connectivity index (χ1n) is 9.53. The maximum atomic E-state index is 12.1. The lowest BCUT2D eigenvalue weighted by molar-refractivity contribution is -0.144. The van der Waals surface area contributed by atoms with Crippen LogP contribution >= 0.6 is 0 Å². The van der Waals surface area contributed by atoms with Crippen molar-refractivity contribution in [3.05, 3.63) is 64.7 Å². The van der Waals surface area contributed by atoms with Crippen LogP contribution in [-0.4, -0.2) is 31.7 Å². The summed E-state index contributed by atoms with van der Waals surface area (Å²) in [5.41, 5.74) is 4.15. The molecule has 1 atom stereocenters. The van der Waals surface area contributed by atoms with E-state index in [4.69, 9.17) is 14.2 Å². The Bertz CT molecular complexity index is 935. The van der Waals surface area contributed by atoms with Gasteiger partial charge in [0.1, 0.15) is 13.2 Å². The minimum Gasteiger partial charge on any atom is -0.486 e. The molecule has 6 nitrogen and oxygen atoms in total. The molecule has 29 heavy (non-hydrogen) atoms. The van der Waals surface area contributed by atoms with Crippen LogP contribution in [-0.2, 0) is 14.3 Å². The Kier molecular flexibility index (Phi) is 6.54. The number of ether oxygens (including phenoxy) is 3. The Morgan fingerprint density at radius 2 is 1.83 bits per heavy atom. The highest BCUT2D eigenvalue weighted by Crippen LogP contribution is 2.31. The summed E-state index contributed by atoms with van der Waals surface area (Å²) < 4.78 is 16.0. The van der Waals surface area contributed by atoms with Crippen molar-refractivity contribution < 1.29 is 23.8 Å². The maximum Gasteiger partial charge on any atom is 0.331 e. The van der Waals surface area contributed by atoms with E-state index >= 15 is 0 Å². The normalized spacial score (nSPS) is 13.8. The summed E-state index contributed by atoms with van der Waals surface area (Å²) in [4.78, 5) is 24.0. The molecule has 2 aromatic carbocycles. The zero-order chi connectivity index (χ0) is 20.8. The van der Waals surface area contributed by atoms with Gasteiger partial charge in [0.2, 0.25) is 0 Å². The minimum absolute atomic E-state index is 0.172. The van der Waals surface area contributed by atoms with Gasteiger partial charge in [-0.15, -0.1) is 0 Å². The molecule has 6 heteroatoms. The monoisotopic (exact) mass is 395 g/mol.